The van der Waals surface area contributed by atoms with E-state index in [-0.39, 0.29) is 18.1 Å². The van der Waals surface area contributed by atoms with E-state index in [0.717, 1.165) is 38.9 Å². The summed E-state index contributed by atoms with van der Waals surface area (Å²) >= 11 is 0. The molecule has 1 heterocycles. The summed E-state index contributed by atoms with van der Waals surface area (Å²) in [5, 5.41) is 15.6. The van der Waals surface area contributed by atoms with E-state index in [1.54, 1.807) is 0 Å². The van der Waals surface area contributed by atoms with Crippen LogP contribution in [0.3, 0.4) is 0 Å². The van der Waals surface area contributed by atoms with Gasteiger partial charge in [-0.3, -0.25) is 0 Å². The molecule has 0 aromatic rings. The molecular formula is C16H31N3O2. The Bertz CT molecular complexity index is 317. The van der Waals surface area contributed by atoms with Gasteiger partial charge in [-0.25, -0.2) is 4.79 Å². The molecule has 1 saturated carbocycles. The van der Waals surface area contributed by atoms with Gasteiger partial charge in [0.25, 0.3) is 0 Å². The number of nitrogens with one attached hydrogen (secondary N) is 2. The van der Waals surface area contributed by atoms with Crippen molar-refractivity contribution in [1.29, 1.82) is 0 Å². The molecule has 0 unspecified atom stereocenters. The molecule has 1 aliphatic heterocycles. The second-order valence-electron chi connectivity index (χ2n) is 6.63. The van der Waals surface area contributed by atoms with Crippen molar-refractivity contribution < 1.29 is 9.90 Å². The average Bonchev–Trinajstić information content (AvgIpc) is 2.90. The number of amides is 2. The summed E-state index contributed by atoms with van der Waals surface area (Å²) in [4.78, 5) is 14.3. The number of carbonyl (C=O) groups excluding carboxylic acids is 1. The number of urea groups is 1. The van der Waals surface area contributed by atoms with Crippen molar-refractivity contribution in [2.75, 3.05) is 32.7 Å². The fourth-order valence-corrected chi connectivity index (χ4v) is 3.51. The SMILES string of the molecule is CCCN1CCC(CNC(=O)NC[C@H]2CCC[C@H]2O)CC1. The minimum absolute atomic E-state index is 0.0786. The number of rotatable bonds is 6. The van der Waals surface area contributed by atoms with Crippen LogP contribution in [0, 0.1) is 11.8 Å². The van der Waals surface area contributed by atoms with Crippen molar-refractivity contribution >= 4 is 6.03 Å². The molecule has 2 aliphatic rings. The van der Waals surface area contributed by atoms with Crippen LogP contribution in [0.1, 0.15) is 45.4 Å². The molecule has 0 spiro atoms. The van der Waals surface area contributed by atoms with Gasteiger partial charge in [-0.15, -0.1) is 0 Å². The molecule has 2 rings (SSSR count). The van der Waals surface area contributed by atoms with Gasteiger partial charge in [-0.05, 0) is 57.7 Å². The highest BCUT2D eigenvalue weighted by molar-refractivity contribution is 5.73. The van der Waals surface area contributed by atoms with E-state index in [0.29, 0.717) is 12.5 Å². The molecule has 5 heteroatoms. The van der Waals surface area contributed by atoms with Crippen molar-refractivity contribution in [3.8, 4) is 0 Å². The van der Waals surface area contributed by atoms with Crippen LogP contribution in [0.4, 0.5) is 4.79 Å². The lowest BCUT2D eigenvalue weighted by Crippen LogP contribution is -2.43. The van der Waals surface area contributed by atoms with Crippen LogP contribution in [0.5, 0.6) is 0 Å². The Morgan fingerprint density at radius 2 is 1.86 bits per heavy atom. The molecule has 3 N–H and O–H groups in total. The van der Waals surface area contributed by atoms with Gasteiger partial charge in [0.15, 0.2) is 0 Å². The maximum absolute atomic E-state index is 11.8. The Hall–Kier alpha value is -0.810. The number of aliphatic hydroxyl groups excluding tert-OH is 1. The molecule has 0 aromatic heterocycles. The zero-order valence-electron chi connectivity index (χ0n) is 13.3. The zero-order chi connectivity index (χ0) is 15.1. The van der Waals surface area contributed by atoms with Crippen LogP contribution in [0.2, 0.25) is 0 Å². The standard InChI is InChI=1S/C16H31N3O2/c1-2-8-19-9-6-13(7-10-19)11-17-16(21)18-12-14-4-3-5-15(14)20/h13-15,20H,2-12H2,1H3,(H2,17,18,21)/t14-,15-/m1/s1. The Kier molecular flexibility index (Phi) is 6.77. The topological polar surface area (TPSA) is 64.6 Å². The smallest absolute Gasteiger partial charge is 0.314 e. The number of likely N-dealkylation sites (tertiary alicyclic amines) is 1. The van der Waals surface area contributed by atoms with Crippen LogP contribution in [0.15, 0.2) is 0 Å². The summed E-state index contributed by atoms with van der Waals surface area (Å²) in [6.45, 7) is 7.12. The monoisotopic (exact) mass is 297 g/mol. The predicted octanol–water partition coefficient (Wildman–Crippen LogP) is 1.57. The summed E-state index contributed by atoms with van der Waals surface area (Å²) in [6.07, 6.45) is 6.34. The van der Waals surface area contributed by atoms with Crippen LogP contribution >= 0.6 is 0 Å². The lowest BCUT2D eigenvalue weighted by Gasteiger charge is -2.31. The van der Waals surface area contributed by atoms with Crippen molar-refractivity contribution in [3.05, 3.63) is 0 Å². The van der Waals surface area contributed by atoms with Gasteiger partial charge in [0.2, 0.25) is 0 Å². The van der Waals surface area contributed by atoms with Gasteiger partial charge in [-0.1, -0.05) is 13.3 Å². The van der Waals surface area contributed by atoms with Crippen LogP contribution in [-0.2, 0) is 0 Å². The minimum Gasteiger partial charge on any atom is -0.393 e. The Labute approximate surface area is 128 Å². The van der Waals surface area contributed by atoms with Crippen molar-refractivity contribution in [3.63, 3.8) is 0 Å². The summed E-state index contributed by atoms with van der Waals surface area (Å²) in [7, 11) is 0. The lowest BCUT2D eigenvalue weighted by atomic mass is 9.97. The maximum atomic E-state index is 11.8. The van der Waals surface area contributed by atoms with E-state index < -0.39 is 0 Å². The molecule has 122 valence electrons. The number of piperidine rings is 1. The zero-order valence-corrected chi connectivity index (χ0v) is 13.3. The van der Waals surface area contributed by atoms with Crippen molar-refractivity contribution in [2.45, 2.75) is 51.6 Å². The first-order valence-electron chi connectivity index (χ1n) is 8.61. The Morgan fingerprint density at radius 3 is 2.48 bits per heavy atom. The molecule has 0 aromatic carbocycles. The number of hydrogen-bond donors (Lipinski definition) is 3. The number of nitrogens with zero attached hydrogens (tertiary/aromatic N) is 1. The average molecular weight is 297 g/mol. The van der Waals surface area contributed by atoms with Gasteiger partial charge in [0.1, 0.15) is 0 Å². The third kappa shape index (κ3) is 5.47. The van der Waals surface area contributed by atoms with Crippen molar-refractivity contribution in [2.24, 2.45) is 11.8 Å². The fourth-order valence-electron chi connectivity index (χ4n) is 3.51. The van der Waals surface area contributed by atoms with Gasteiger partial charge < -0.3 is 20.6 Å². The molecule has 1 saturated heterocycles. The molecule has 21 heavy (non-hydrogen) atoms. The van der Waals surface area contributed by atoms with Crippen LogP contribution < -0.4 is 10.6 Å². The summed E-state index contributed by atoms with van der Waals surface area (Å²) < 4.78 is 0. The number of carbonyl (C=O) groups is 1. The van der Waals surface area contributed by atoms with E-state index >= 15 is 0 Å². The van der Waals surface area contributed by atoms with E-state index in [1.165, 1.54) is 25.8 Å². The van der Waals surface area contributed by atoms with E-state index in [1.807, 2.05) is 0 Å². The van der Waals surface area contributed by atoms with E-state index in [4.69, 9.17) is 0 Å². The highest BCUT2D eigenvalue weighted by Gasteiger charge is 2.25. The molecule has 1 aliphatic carbocycles. The first kappa shape index (κ1) is 16.6. The third-order valence-electron chi connectivity index (χ3n) is 4.94. The summed E-state index contributed by atoms with van der Waals surface area (Å²) in [5.74, 6) is 0.856. The van der Waals surface area contributed by atoms with Gasteiger partial charge in [-0.2, -0.15) is 0 Å². The molecule has 2 atom stereocenters. The first-order valence-corrected chi connectivity index (χ1v) is 8.61. The Balaban J connectivity index is 1.55. The lowest BCUT2D eigenvalue weighted by molar-refractivity contribution is 0.132. The quantitative estimate of drug-likeness (QED) is 0.697. The second-order valence-corrected chi connectivity index (χ2v) is 6.63. The predicted molar refractivity (Wildman–Crippen MR) is 84.2 cm³/mol. The number of hydrogen-bond acceptors (Lipinski definition) is 3. The molecule has 0 bridgehead atoms. The molecule has 2 amide bonds. The van der Waals surface area contributed by atoms with Gasteiger partial charge in [0, 0.05) is 19.0 Å². The molecular weight excluding hydrogens is 266 g/mol. The third-order valence-corrected chi connectivity index (χ3v) is 4.94. The highest BCUT2D eigenvalue weighted by Crippen LogP contribution is 2.24. The van der Waals surface area contributed by atoms with Crippen LogP contribution in [0.25, 0.3) is 0 Å². The fraction of sp³-hybridized carbons (Fsp3) is 0.938. The molecule has 2 fully saturated rings. The van der Waals surface area contributed by atoms with E-state index in [2.05, 4.69) is 22.5 Å². The number of aliphatic hydroxyl groups is 1. The first-order chi connectivity index (χ1) is 10.2. The van der Waals surface area contributed by atoms with Crippen LogP contribution in [-0.4, -0.2) is 54.9 Å². The maximum Gasteiger partial charge on any atom is 0.314 e. The second kappa shape index (κ2) is 8.59. The van der Waals surface area contributed by atoms with Gasteiger partial charge in [0.05, 0.1) is 6.10 Å². The minimum atomic E-state index is -0.229. The van der Waals surface area contributed by atoms with Crippen molar-refractivity contribution in [1.82, 2.24) is 15.5 Å². The van der Waals surface area contributed by atoms with Gasteiger partial charge >= 0.3 is 6.03 Å². The van der Waals surface area contributed by atoms with E-state index in [9.17, 15) is 9.90 Å². The molecule has 0 radical (unpaired) electrons. The normalized spacial score (nSPS) is 27.7. The highest BCUT2D eigenvalue weighted by atomic mass is 16.3. The Morgan fingerprint density at radius 1 is 1.14 bits per heavy atom. The largest absolute Gasteiger partial charge is 0.393 e. The molecule has 5 nitrogen and oxygen atoms in total. The summed E-state index contributed by atoms with van der Waals surface area (Å²) in [6, 6.07) is -0.0786. The summed E-state index contributed by atoms with van der Waals surface area (Å²) in [5.41, 5.74) is 0.